The van der Waals surface area contributed by atoms with Crippen molar-refractivity contribution in [2.45, 2.75) is 0 Å². The Hall–Kier alpha value is -3.68. The Balaban J connectivity index is 1.91. The van der Waals surface area contributed by atoms with Crippen molar-refractivity contribution in [1.29, 1.82) is 0 Å². The highest BCUT2D eigenvalue weighted by Gasteiger charge is 2.10. The lowest BCUT2D eigenvalue weighted by molar-refractivity contribution is 0.156. The number of aromatic nitrogens is 2. The Labute approximate surface area is 154 Å². The van der Waals surface area contributed by atoms with E-state index in [4.69, 9.17) is 9.47 Å². The number of rotatable bonds is 5. The van der Waals surface area contributed by atoms with Crippen LogP contribution in [-0.4, -0.2) is 28.7 Å². The SMILES string of the molecule is COc1ccc(-c2ccc(Nc3cc(=O)n(O)c(=O)n3C)cc2)c(OC)c1. The van der Waals surface area contributed by atoms with Crippen LogP contribution in [0.2, 0.25) is 0 Å². The Kier molecular flexibility index (Phi) is 4.89. The standard InChI is InChI=1S/C19H19N3O5/c1-21-17(11-18(23)22(25)19(21)24)20-13-6-4-12(5-7-13)15-9-8-14(26-2)10-16(15)27-3/h4-11,20,25H,1-3H3. The molecule has 3 rings (SSSR count). The van der Waals surface area contributed by atoms with E-state index in [-0.39, 0.29) is 10.5 Å². The summed E-state index contributed by atoms with van der Waals surface area (Å²) in [6, 6.07) is 14.1. The van der Waals surface area contributed by atoms with Crippen molar-refractivity contribution in [3.8, 4) is 22.6 Å². The van der Waals surface area contributed by atoms with Crippen molar-refractivity contribution in [2.75, 3.05) is 19.5 Å². The molecular formula is C19H19N3O5. The molecule has 3 aromatic rings. The van der Waals surface area contributed by atoms with Crippen molar-refractivity contribution in [3.63, 3.8) is 0 Å². The Bertz CT molecular complexity index is 1080. The maximum atomic E-state index is 11.8. The van der Waals surface area contributed by atoms with E-state index in [1.165, 1.54) is 7.05 Å². The minimum Gasteiger partial charge on any atom is -0.497 e. The number of hydrogen-bond donors (Lipinski definition) is 2. The van der Waals surface area contributed by atoms with Crippen molar-refractivity contribution in [1.82, 2.24) is 9.30 Å². The summed E-state index contributed by atoms with van der Waals surface area (Å²) in [6.07, 6.45) is 0. The molecule has 0 saturated heterocycles. The summed E-state index contributed by atoms with van der Waals surface area (Å²) in [5.74, 6) is 1.66. The van der Waals surface area contributed by atoms with Crippen LogP contribution in [0.4, 0.5) is 11.5 Å². The third kappa shape index (κ3) is 3.50. The summed E-state index contributed by atoms with van der Waals surface area (Å²) >= 11 is 0. The molecule has 0 radical (unpaired) electrons. The van der Waals surface area contributed by atoms with Crippen molar-refractivity contribution in [3.05, 3.63) is 69.4 Å². The maximum Gasteiger partial charge on any atom is 0.365 e. The number of benzene rings is 2. The number of anilines is 2. The molecule has 1 heterocycles. The van der Waals surface area contributed by atoms with Crippen LogP contribution in [0.25, 0.3) is 11.1 Å². The summed E-state index contributed by atoms with van der Waals surface area (Å²) in [7, 11) is 4.64. The van der Waals surface area contributed by atoms with Crippen LogP contribution < -0.4 is 26.0 Å². The molecule has 0 atom stereocenters. The van der Waals surface area contributed by atoms with E-state index in [0.29, 0.717) is 17.2 Å². The lowest BCUT2D eigenvalue weighted by atomic mass is 10.0. The van der Waals surface area contributed by atoms with Crippen molar-refractivity contribution in [2.24, 2.45) is 7.05 Å². The van der Waals surface area contributed by atoms with Gasteiger partial charge in [0.05, 0.1) is 14.2 Å². The maximum absolute atomic E-state index is 11.8. The van der Waals surface area contributed by atoms with E-state index in [9.17, 15) is 14.8 Å². The Morgan fingerprint density at radius 1 is 0.963 bits per heavy atom. The summed E-state index contributed by atoms with van der Waals surface area (Å²) in [6.45, 7) is 0. The molecule has 140 valence electrons. The van der Waals surface area contributed by atoms with E-state index in [2.05, 4.69) is 5.32 Å². The second-order valence-corrected chi connectivity index (χ2v) is 5.79. The average molecular weight is 369 g/mol. The van der Waals surface area contributed by atoms with Crippen LogP contribution in [0.15, 0.2) is 58.1 Å². The first-order chi connectivity index (χ1) is 12.9. The van der Waals surface area contributed by atoms with Gasteiger partial charge in [0.25, 0.3) is 5.56 Å². The van der Waals surface area contributed by atoms with Gasteiger partial charge in [-0.2, -0.15) is 0 Å². The minimum atomic E-state index is -0.829. The highest BCUT2D eigenvalue weighted by atomic mass is 16.5. The zero-order valence-electron chi connectivity index (χ0n) is 15.1. The van der Waals surface area contributed by atoms with Gasteiger partial charge >= 0.3 is 5.69 Å². The van der Waals surface area contributed by atoms with Crippen molar-refractivity contribution >= 4 is 11.5 Å². The summed E-state index contributed by atoms with van der Waals surface area (Å²) in [4.78, 5) is 23.4. The number of hydrogen-bond acceptors (Lipinski definition) is 6. The molecule has 0 spiro atoms. The second-order valence-electron chi connectivity index (χ2n) is 5.79. The predicted octanol–water partition coefficient (Wildman–Crippen LogP) is 2.21. The Morgan fingerprint density at radius 3 is 2.30 bits per heavy atom. The number of nitrogens with one attached hydrogen (secondary N) is 1. The van der Waals surface area contributed by atoms with Gasteiger partial charge in [0.2, 0.25) is 0 Å². The first-order valence-corrected chi connectivity index (χ1v) is 8.06. The molecular weight excluding hydrogens is 350 g/mol. The Morgan fingerprint density at radius 2 is 1.67 bits per heavy atom. The molecule has 0 saturated carbocycles. The zero-order chi connectivity index (χ0) is 19.6. The van der Waals surface area contributed by atoms with Crippen LogP contribution in [0.3, 0.4) is 0 Å². The second kappa shape index (κ2) is 7.28. The predicted molar refractivity (Wildman–Crippen MR) is 101 cm³/mol. The number of ether oxygens (including phenoxy) is 2. The summed E-state index contributed by atoms with van der Waals surface area (Å²) in [5, 5.41) is 12.3. The normalized spacial score (nSPS) is 10.5. The lowest BCUT2D eigenvalue weighted by Crippen LogP contribution is -2.37. The molecule has 0 fully saturated rings. The van der Waals surface area contributed by atoms with E-state index in [0.717, 1.165) is 21.8 Å². The quantitative estimate of drug-likeness (QED) is 0.670. The topological polar surface area (TPSA) is 94.7 Å². The monoisotopic (exact) mass is 369 g/mol. The van der Waals surface area contributed by atoms with Crippen molar-refractivity contribution < 1.29 is 14.7 Å². The van der Waals surface area contributed by atoms with E-state index < -0.39 is 11.2 Å². The van der Waals surface area contributed by atoms with Gasteiger partial charge in [-0.25, -0.2) is 4.79 Å². The van der Waals surface area contributed by atoms with Gasteiger partial charge in [-0.05, 0) is 29.8 Å². The van der Waals surface area contributed by atoms with Gasteiger partial charge in [-0.1, -0.05) is 16.9 Å². The van der Waals surface area contributed by atoms with Crippen LogP contribution in [0.1, 0.15) is 0 Å². The molecule has 0 amide bonds. The minimum absolute atomic E-state index is 0.0598. The van der Waals surface area contributed by atoms with E-state index in [1.807, 2.05) is 36.4 Å². The van der Waals surface area contributed by atoms with E-state index in [1.54, 1.807) is 20.3 Å². The summed E-state index contributed by atoms with van der Waals surface area (Å²) in [5.41, 5.74) is 0.876. The molecule has 0 aliphatic rings. The van der Waals surface area contributed by atoms with Crippen LogP contribution >= 0.6 is 0 Å². The first-order valence-electron chi connectivity index (χ1n) is 8.06. The molecule has 0 aliphatic carbocycles. The smallest absolute Gasteiger partial charge is 0.365 e. The van der Waals surface area contributed by atoms with Gasteiger partial charge in [0.1, 0.15) is 17.3 Å². The van der Waals surface area contributed by atoms with Crippen LogP contribution in [-0.2, 0) is 7.05 Å². The number of nitrogens with zero attached hydrogens (tertiary/aromatic N) is 2. The first kappa shape index (κ1) is 18.1. The largest absolute Gasteiger partial charge is 0.497 e. The fraction of sp³-hybridized carbons (Fsp3) is 0.158. The van der Waals surface area contributed by atoms with Crippen LogP contribution in [0.5, 0.6) is 11.5 Å². The summed E-state index contributed by atoms with van der Waals surface area (Å²) < 4.78 is 11.8. The van der Waals surface area contributed by atoms with E-state index >= 15 is 0 Å². The highest BCUT2D eigenvalue weighted by Crippen LogP contribution is 2.33. The molecule has 0 bridgehead atoms. The molecule has 2 aromatic carbocycles. The third-order valence-corrected chi connectivity index (χ3v) is 4.18. The number of methoxy groups -OCH3 is 2. The fourth-order valence-electron chi connectivity index (χ4n) is 2.65. The molecule has 8 nitrogen and oxygen atoms in total. The van der Waals surface area contributed by atoms with Gasteiger partial charge in [0.15, 0.2) is 0 Å². The van der Waals surface area contributed by atoms with Crippen LogP contribution in [0, 0.1) is 0 Å². The zero-order valence-corrected chi connectivity index (χ0v) is 15.1. The van der Waals surface area contributed by atoms with Gasteiger partial charge in [-0.3, -0.25) is 9.36 Å². The molecule has 1 aromatic heterocycles. The van der Waals surface area contributed by atoms with Gasteiger partial charge in [-0.15, -0.1) is 0 Å². The molecule has 2 N–H and O–H groups in total. The molecule has 0 unspecified atom stereocenters. The molecule has 27 heavy (non-hydrogen) atoms. The highest BCUT2D eigenvalue weighted by molar-refractivity contribution is 5.73. The van der Waals surface area contributed by atoms with Gasteiger partial charge in [0, 0.05) is 30.4 Å². The fourth-order valence-corrected chi connectivity index (χ4v) is 2.65. The average Bonchev–Trinajstić information content (AvgIpc) is 2.70. The van der Waals surface area contributed by atoms with Gasteiger partial charge < -0.3 is 20.0 Å². The molecule has 8 heteroatoms. The third-order valence-electron chi connectivity index (χ3n) is 4.18. The lowest BCUT2D eigenvalue weighted by Gasteiger charge is -2.13. The molecule has 0 aliphatic heterocycles.